The second kappa shape index (κ2) is 4.74. The summed E-state index contributed by atoms with van der Waals surface area (Å²) in [5, 5.41) is 13.1. The maximum Gasteiger partial charge on any atom is 0.141 e. The van der Waals surface area contributed by atoms with Gasteiger partial charge in [0.25, 0.3) is 0 Å². The molecule has 1 aliphatic rings. The maximum absolute atomic E-state index is 4.06. The fourth-order valence-corrected chi connectivity index (χ4v) is 1.71. The normalized spacial score (nSPS) is 16.0. The van der Waals surface area contributed by atoms with Gasteiger partial charge < -0.3 is 10.6 Å². The number of allylic oxidation sites excluding steroid dienone is 2. The largest absolute Gasteiger partial charge is 0.375 e. The van der Waals surface area contributed by atoms with E-state index in [4.69, 9.17) is 0 Å². The molecule has 1 aliphatic carbocycles. The van der Waals surface area contributed by atoms with Crippen LogP contribution in [0.1, 0.15) is 12.8 Å². The molecule has 86 valence electrons. The van der Waals surface area contributed by atoms with Gasteiger partial charge >= 0.3 is 0 Å². The molecule has 0 bridgehead atoms. The fraction of sp³-hybridized carbons (Fsp3) is 0.364. The third-order valence-corrected chi connectivity index (χ3v) is 3.15. The minimum absolute atomic E-state index is 0.676. The highest BCUT2D eigenvalue weighted by Crippen LogP contribution is 2.36. The lowest BCUT2D eigenvalue weighted by molar-refractivity contribution is 0.961. The van der Waals surface area contributed by atoms with Crippen molar-refractivity contribution in [3.63, 3.8) is 0 Å². The van der Waals surface area contributed by atoms with Crippen LogP contribution in [0.5, 0.6) is 0 Å². The summed E-state index contributed by atoms with van der Waals surface area (Å²) in [5.74, 6) is 2.43. The zero-order valence-electron chi connectivity index (χ0n) is 9.18. The average molecular weight is 283 g/mol. The van der Waals surface area contributed by atoms with Crippen molar-refractivity contribution in [3.8, 4) is 0 Å². The van der Waals surface area contributed by atoms with Crippen LogP contribution < -0.4 is 10.6 Å². The number of aromatic nitrogens is 2. The van der Waals surface area contributed by atoms with Crippen molar-refractivity contribution in [2.75, 3.05) is 12.4 Å². The predicted octanol–water partition coefficient (Wildman–Crippen LogP) is 2.61. The van der Waals surface area contributed by atoms with E-state index < -0.39 is 0 Å². The van der Waals surface area contributed by atoms with Crippen LogP contribution in [-0.4, -0.2) is 17.2 Å². The Labute approximate surface area is 103 Å². The van der Waals surface area contributed by atoms with Gasteiger partial charge in [-0.1, -0.05) is 6.58 Å². The molecule has 2 rings (SSSR count). The number of rotatable bonds is 5. The number of nitrogens with one attached hydrogen (secondary N) is 3. The van der Waals surface area contributed by atoms with Gasteiger partial charge in [0.05, 0.1) is 10.7 Å². The summed E-state index contributed by atoms with van der Waals surface area (Å²) in [4.78, 5) is 0. The molecule has 0 aromatic carbocycles. The molecule has 1 aromatic heterocycles. The topological polar surface area (TPSA) is 52.7 Å². The maximum atomic E-state index is 4.06. The zero-order valence-corrected chi connectivity index (χ0v) is 10.8. The highest BCUT2D eigenvalue weighted by Gasteiger charge is 2.23. The standard InChI is InChI=1S/C11H15BrN4/c1-7(8-3-4-8)5-10(13-2)15-11-9(12)6-14-16-11/h5-6,8,13H,1,3-4H2,2H3,(H2,14,15,16)/b10-5+. The Hall–Kier alpha value is -1.23. The van der Waals surface area contributed by atoms with Crippen LogP contribution in [0.15, 0.2) is 34.7 Å². The lowest BCUT2D eigenvalue weighted by Crippen LogP contribution is -2.15. The Morgan fingerprint density at radius 3 is 2.94 bits per heavy atom. The van der Waals surface area contributed by atoms with Crippen molar-refractivity contribution in [1.82, 2.24) is 15.5 Å². The van der Waals surface area contributed by atoms with Gasteiger partial charge in [0.1, 0.15) is 11.6 Å². The SMILES string of the molecule is C=C(/C=C(\NC)Nc1[nH]ncc1Br)C1CC1. The lowest BCUT2D eigenvalue weighted by atomic mass is 10.2. The van der Waals surface area contributed by atoms with Gasteiger partial charge in [-0.05, 0) is 46.3 Å². The van der Waals surface area contributed by atoms with Crippen LogP contribution in [0.3, 0.4) is 0 Å². The first kappa shape index (κ1) is 11.3. The van der Waals surface area contributed by atoms with Crippen LogP contribution in [0.2, 0.25) is 0 Å². The van der Waals surface area contributed by atoms with Crippen LogP contribution in [0, 0.1) is 5.92 Å². The monoisotopic (exact) mass is 282 g/mol. The summed E-state index contributed by atoms with van der Waals surface area (Å²) < 4.78 is 0.908. The second-order valence-corrected chi connectivity index (χ2v) is 4.73. The smallest absolute Gasteiger partial charge is 0.141 e. The molecule has 0 aliphatic heterocycles. The van der Waals surface area contributed by atoms with Crippen molar-refractivity contribution in [2.45, 2.75) is 12.8 Å². The van der Waals surface area contributed by atoms with E-state index in [9.17, 15) is 0 Å². The van der Waals surface area contributed by atoms with Gasteiger partial charge in [0.15, 0.2) is 0 Å². The van der Waals surface area contributed by atoms with Crippen LogP contribution in [0.4, 0.5) is 5.82 Å². The minimum Gasteiger partial charge on any atom is -0.375 e. The Balaban J connectivity index is 2.05. The second-order valence-electron chi connectivity index (χ2n) is 3.88. The molecule has 1 saturated carbocycles. The molecule has 0 amide bonds. The van der Waals surface area contributed by atoms with E-state index in [0.29, 0.717) is 5.92 Å². The summed E-state index contributed by atoms with van der Waals surface area (Å²) >= 11 is 3.40. The minimum atomic E-state index is 0.676. The van der Waals surface area contributed by atoms with Gasteiger partial charge in [0.2, 0.25) is 0 Å². The lowest BCUT2D eigenvalue weighted by Gasteiger charge is -2.09. The first-order chi connectivity index (χ1) is 7.70. The Morgan fingerprint density at radius 1 is 1.69 bits per heavy atom. The van der Waals surface area contributed by atoms with Gasteiger partial charge in [-0.15, -0.1) is 0 Å². The zero-order chi connectivity index (χ0) is 11.5. The summed E-state index contributed by atoms with van der Waals surface area (Å²) in [6, 6.07) is 0. The molecule has 0 atom stereocenters. The third-order valence-electron chi connectivity index (χ3n) is 2.55. The summed E-state index contributed by atoms with van der Waals surface area (Å²) in [6.07, 6.45) is 6.29. The first-order valence-corrected chi connectivity index (χ1v) is 6.04. The van der Waals surface area contributed by atoms with E-state index in [1.165, 1.54) is 18.4 Å². The first-order valence-electron chi connectivity index (χ1n) is 5.25. The van der Waals surface area contributed by atoms with Crippen LogP contribution in [-0.2, 0) is 0 Å². The third kappa shape index (κ3) is 2.66. The molecule has 1 aromatic rings. The molecular formula is C11H15BrN4. The van der Waals surface area contributed by atoms with Crippen molar-refractivity contribution in [2.24, 2.45) is 5.92 Å². The number of hydrogen-bond acceptors (Lipinski definition) is 3. The molecule has 0 unspecified atom stereocenters. The van der Waals surface area contributed by atoms with Crippen molar-refractivity contribution >= 4 is 21.7 Å². The molecule has 0 spiro atoms. The molecule has 3 N–H and O–H groups in total. The summed E-state index contributed by atoms with van der Waals surface area (Å²) in [5.41, 5.74) is 1.17. The van der Waals surface area contributed by atoms with Crippen molar-refractivity contribution < 1.29 is 0 Å². The molecule has 0 radical (unpaired) electrons. The van der Waals surface area contributed by atoms with Gasteiger partial charge in [0, 0.05) is 7.05 Å². The van der Waals surface area contributed by atoms with Gasteiger partial charge in [-0.2, -0.15) is 5.10 Å². The number of anilines is 1. The quantitative estimate of drug-likeness (QED) is 0.728. The number of halogens is 1. The molecule has 4 nitrogen and oxygen atoms in total. The Bertz CT molecular complexity index is 417. The summed E-state index contributed by atoms with van der Waals surface area (Å²) in [7, 11) is 1.88. The molecule has 16 heavy (non-hydrogen) atoms. The van der Waals surface area contributed by atoms with Crippen molar-refractivity contribution in [1.29, 1.82) is 0 Å². The van der Waals surface area contributed by atoms with Crippen LogP contribution >= 0.6 is 15.9 Å². The van der Waals surface area contributed by atoms with E-state index in [-0.39, 0.29) is 0 Å². The summed E-state index contributed by atoms with van der Waals surface area (Å²) in [6.45, 7) is 4.06. The Morgan fingerprint density at radius 2 is 2.44 bits per heavy atom. The fourth-order valence-electron chi connectivity index (χ4n) is 1.42. The van der Waals surface area contributed by atoms with E-state index in [1.54, 1.807) is 6.20 Å². The molecule has 5 heteroatoms. The molecule has 0 saturated heterocycles. The molecule has 1 fully saturated rings. The number of nitrogens with zero attached hydrogens (tertiary/aromatic N) is 1. The van der Waals surface area contributed by atoms with Gasteiger partial charge in [-0.25, -0.2) is 0 Å². The van der Waals surface area contributed by atoms with E-state index in [0.717, 1.165) is 16.1 Å². The molecule has 1 heterocycles. The van der Waals surface area contributed by atoms with Crippen molar-refractivity contribution in [3.05, 3.63) is 34.7 Å². The molecular weight excluding hydrogens is 268 g/mol. The van der Waals surface area contributed by atoms with Gasteiger partial charge in [-0.3, -0.25) is 5.10 Å². The van der Waals surface area contributed by atoms with E-state index in [1.807, 2.05) is 13.1 Å². The number of aromatic amines is 1. The van der Waals surface area contributed by atoms with Crippen LogP contribution in [0.25, 0.3) is 0 Å². The highest BCUT2D eigenvalue weighted by atomic mass is 79.9. The average Bonchev–Trinajstić information content (AvgIpc) is 3.04. The number of H-pyrrole nitrogens is 1. The Kier molecular flexibility index (Phi) is 3.33. The van der Waals surface area contributed by atoms with E-state index in [2.05, 4.69) is 43.3 Å². The highest BCUT2D eigenvalue weighted by molar-refractivity contribution is 9.10. The number of hydrogen-bond donors (Lipinski definition) is 3. The van der Waals surface area contributed by atoms with E-state index >= 15 is 0 Å². The predicted molar refractivity (Wildman–Crippen MR) is 68.9 cm³/mol.